The molecule has 2 heteroatoms. The molecule has 0 atom stereocenters. The zero-order chi connectivity index (χ0) is 13.7. The molecule has 0 spiro atoms. The Morgan fingerprint density at radius 1 is 0.850 bits per heavy atom. The third-order valence-corrected chi connectivity index (χ3v) is 4.23. The molecule has 2 aliphatic heterocycles. The normalized spacial score (nSPS) is 15.8. The zero-order valence-corrected chi connectivity index (χ0v) is 11.9. The number of hydrogen-bond acceptors (Lipinski definition) is 2. The van der Waals surface area contributed by atoms with Gasteiger partial charge in [-0.15, -0.1) is 0 Å². The summed E-state index contributed by atoms with van der Waals surface area (Å²) in [6.45, 7) is 5.43. The van der Waals surface area contributed by atoms with Crippen LogP contribution in [-0.4, -0.2) is 17.6 Å². The second kappa shape index (κ2) is 4.14. The van der Waals surface area contributed by atoms with E-state index in [1.807, 2.05) is 0 Å². The second-order valence-electron chi connectivity index (χ2n) is 5.75. The van der Waals surface area contributed by atoms with Crippen LogP contribution in [-0.2, 0) is 0 Å². The van der Waals surface area contributed by atoms with Gasteiger partial charge >= 0.3 is 0 Å². The number of benzene rings is 2. The number of para-hydroxylation sites is 1. The SMILES string of the molecule is CC(C)N1C=C2c3ccccc3-c3ccccc3N2C1. The van der Waals surface area contributed by atoms with E-state index < -0.39 is 0 Å². The first-order chi connectivity index (χ1) is 9.75. The molecule has 2 aromatic carbocycles. The second-order valence-corrected chi connectivity index (χ2v) is 5.75. The molecule has 2 nitrogen and oxygen atoms in total. The number of anilines is 1. The molecule has 2 heterocycles. The molecule has 0 aliphatic carbocycles. The van der Waals surface area contributed by atoms with E-state index in [0.717, 1.165) is 6.67 Å². The summed E-state index contributed by atoms with van der Waals surface area (Å²) in [5, 5.41) is 0. The lowest BCUT2D eigenvalue weighted by Crippen LogP contribution is -2.31. The smallest absolute Gasteiger partial charge is 0.0950 e. The van der Waals surface area contributed by atoms with Crippen LogP contribution in [0.3, 0.4) is 0 Å². The maximum absolute atomic E-state index is 2.43. The van der Waals surface area contributed by atoms with Crippen LogP contribution in [0.4, 0.5) is 5.69 Å². The minimum atomic E-state index is 0.521. The largest absolute Gasteiger partial charge is 0.355 e. The lowest BCUT2D eigenvalue weighted by Gasteiger charge is -2.32. The Morgan fingerprint density at radius 2 is 1.50 bits per heavy atom. The van der Waals surface area contributed by atoms with E-state index in [4.69, 9.17) is 0 Å². The number of fused-ring (bicyclic) bond motifs is 6. The maximum atomic E-state index is 2.43. The molecular weight excluding hydrogens is 244 g/mol. The Hall–Kier alpha value is -2.22. The van der Waals surface area contributed by atoms with Crippen LogP contribution in [0.1, 0.15) is 19.4 Å². The molecule has 2 aliphatic rings. The molecule has 0 saturated heterocycles. The van der Waals surface area contributed by atoms with Gasteiger partial charge < -0.3 is 9.80 Å². The van der Waals surface area contributed by atoms with E-state index in [2.05, 4.69) is 78.4 Å². The summed E-state index contributed by atoms with van der Waals surface area (Å²) in [5.41, 5.74) is 6.67. The highest BCUT2D eigenvalue weighted by Crippen LogP contribution is 2.46. The van der Waals surface area contributed by atoms with Crippen molar-refractivity contribution in [2.24, 2.45) is 0 Å². The van der Waals surface area contributed by atoms with E-state index in [1.54, 1.807) is 0 Å². The first-order valence-electron chi connectivity index (χ1n) is 7.19. The van der Waals surface area contributed by atoms with Crippen molar-refractivity contribution in [3.8, 4) is 11.1 Å². The Kier molecular flexibility index (Phi) is 2.40. The van der Waals surface area contributed by atoms with Gasteiger partial charge in [0.05, 0.1) is 18.1 Å². The summed E-state index contributed by atoms with van der Waals surface area (Å²) < 4.78 is 0. The Bertz CT molecular complexity index is 700. The van der Waals surface area contributed by atoms with Gasteiger partial charge in [0, 0.05) is 23.4 Å². The molecule has 0 aromatic heterocycles. The lowest BCUT2D eigenvalue weighted by molar-refractivity contribution is 0.336. The monoisotopic (exact) mass is 262 g/mol. The number of hydrogen-bond donors (Lipinski definition) is 0. The highest BCUT2D eigenvalue weighted by molar-refractivity contribution is 5.99. The van der Waals surface area contributed by atoms with E-state index in [1.165, 1.54) is 28.1 Å². The van der Waals surface area contributed by atoms with E-state index in [-0.39, 0.29) is 0 Å². The molecular formula is C18H18N2. The lowest BCUT2D eigenvalue weighted by atomic mass is 9.92. The Morgan fingerprint density at radius 3 is 2.25 bits per heavy atom. The van der Waals surface area contributed by atoms with Crippen LogP contribution in [0.2, 0.25) is 0 Å². The van der Waals surface area contributed by atoms with Crippen LogP contribution < -0.4 is 4.90 Å². The van der Waals surface area contributed by atoms with Gasteiger partial charge in [-0.2, -0.15) is 0 Å². The van der Waals surface area contributed by atoms with Gasteiger partial charge in [0.2, 0.25) is 0 Å². The van der Waals surface area contributed by atoms with Crippen molar-refractivity contribution in [1.29, 1.82) is 0 Å². The number of rotatable bonds is 1. The van der Waals surface area contributed by atoms with Crippen molar-refractivity contribution in [3.63, 3.8) is 0 Å². The van der Waals surface area contributed by atoms with Crippen LogP contribution >= 0.6 is 0 Å². The van der Waals surface area contributed by atoms with Crippen molar-refractivity contribution in [1.82, 2.24) is 4.90 Å². The van der Waals surface area contributed by atoms with Gasteiger partial charge in [-0.05, 0) is 25.5 Å². The fourth-order valence-corrected chi connectivity index (χ4v) is 3.12. The average Bonchev–Trinajstić information content (AvgIpc) is 2.93. The molecule has 0 N–H and O–H groups in total. The highest BCUT2D eigenvalue weighted by Gasteiger charge is 2.31. The molecule has 100 valence electrons. The van der Waals surface area contributed by atoms with Crippen molar-refractivity contribution in [2.75, 3.05) is 11.6 Å². The van der Waals surface area contributed by atoms with Crippen LogP contribution in [0.15, 0.2) is 54.7 Å². The predicted molar refractivity (Wildman–Crippen MR) is 84.2 cm³/mol. The van der Waals surface area contributed by atoms with Crippen molar-refractivity contribution in [3.05, 3.63) is 60.3 Å². The molecule has 4 rings (SSSR count). The zero-order valence-electron chi connectivity index (χ0n) is 11.9. The van der Waals surface area contributed by atoms with E-state index in [9.17, 15) is 0 Å². The minimum Gasteiger partial charge on any atom is -0.355 e. The summed E-state index contributed by atoms with van der Waals surface area (Å²) in [5.74, 6) is 0. The molecule has 0 unspecified atom stereocenters. The van der Waals surface area contributed by atoms with Crippen LogP contribution in [0.5, 0.6) is 0 Å². The molecule has 0 bridgehead atoms. The van der Waals surface area contributed by atoms with E-state index >= 15 is 0 Å². The van der Waals surface area contributed by atoms with Crippen molar-refractivity contribution in [2.45, 2.75) is 19.9 Å². The number of nitrogens with zero attached hydrogens (tertiary/aromatic N) is 2. The molecule has 0 radical (unpaired) electrons. The predicted octanol–water partition coefficient (Wildman–Crippen LogP) is 4.15. The van der Waals surface area contributed by atoms with Crippen molar-refractivity contribution < 1.29 is 0 Å². The van der Waals surface area contributed by atoms with Gasteiger partial charge in [-0.1, -0.05) is 42.5 Å². The molecule has 20 heavy (non-hydrogen) atoms. The fraction of sp³-hybridized carbons (Fsp3) is 0.222. The van der Waals surface area contributed by atoms with Crippen molar-refractivity contribution >= 4 is 11.4 Å². The highest BCUT2D eigenvalue weighted by atomic mass is 15.4. The third kappa shape index (κ3) is 1.51. The van der Waals surface area contributed by atoms with Crippen LogP contribution in [0.25, 0.3) is 16.8 Å². The summed E-state index contributed by atoms with van der Waals surface area (Å²) in [7, 11) is 0. The standard InChI is InChI=1S/C18H18N2/c1-13(2)19-11-18-16-9-4-3-7-14(16)15-8-5-6-10-17(15)20(18)12-19/h3-11,13H,12H2,1-2H3. The topological polar surface area (TPSA) is 6.48 Å². The minimum absolute atomic E-state index is 0.521. The van der Waals surface area contributed by atoms with Gasteiger partial charge in [0.1, 0.15) is 0 Å². The maximum Gasteiger partial charge on any atom is 0.0950 e. The summed E-state index contributed by atoms with van der Waals surface area (Å²) in [6, 6.07) is 17.9. The van der Waals surface area contributed by atoms with Gasteiger partial charge in [0.15, 0.2) is 0 Å². The van der Waals surface area contributed by atoms with Crippen LogP contribution in [0, 0.1) is 0 Å². The summed E-state index contributed by atoms with van der Waals surface area (Å²) in [4.78, 5) is 4.83. The quantitative estimate of drug-likeness (QED) is 0.761. The van der Waals surface area contributed by atoms with Gasteiger partial charge in [0.25, 0.3) is 0 Å². The molecule has 0 amide bonds. The van der Waals surface area contributed by atoms with Gasteiger partial charge in [-0.3, -0.25) is 0 Å². The fourth-order valence-electron chi connectivity index (χ4n) is 3.12. The summed E-state index contributed by atoms with van der Waals surface area (Å²) in [6.07, 6.45) is 2.30. The average molecular weight is 262 g/mol. The summed E-state index contributed by atoms with van der Waals surface area (Å²) >= 11 is 0. The van der Waals surface area contributed by atoms with E-state index in [0.29, 0.717) is 6.04 Å². The Balaban J connectivity index is 1.96. The molecule has 0 fully saturated rings. The first-order valence-corrected chi connectivity index (χ1v) is 7.19. The molecule has 0 saturated carbocycles. The van der Waals surface area contributed by atoms with Gasteiger partial charge in [-0.25, -0.2) is 0 Å². The first kappa shape index (κ1) is 11.6. The Labute approximate surface area is 119 Å². The molecule has 2 aromatic rings. The third-order valence-electron chi connectivity index (χ3n) is 4.23.